The van der Waals surface area contributed by atoms with E-state index in [1.54, 1.807) is 0 Å². The maximum atomic E-state index is 2.58. The summed E-state index contributed by atoms with van der Waals surface area (Å²) in [6, 6.07) is 0. The van der Waals surface area contributed by atoms with Crippen LogP contribution in [0, 0.1) is 11.8 Å². The Hall–Kier alpha value is 1.14. The molecule has 0 aromatic heterocycles. The van der Waals surface area contributed by atoms with Crippen LogP contribution in [-0.4, -0.2) is 68.9 Å². The summed E-state index contributed by atoms with van der Waals surface area (Å²) in [6.45, 7) is 8.36. The number of fused-ring (bicyclic) bond motifs is 6. The molecule has 6 fully saturated rings. The van der Waals surface area contributed by atoms with Gasteiger partial charge in [-0.05, 0) is 89.6 Å². The maximum Gasteiger partial charge on any atom is 3.00 e. The van der Waals surface area contributed by atoms with Crippen LogP contribution >= 0.6 is 0 Å². The van der Waals surface area contributed by atoms with E-state index in [-0.39, 0.29) is 46.0 Å². The summed E-state index contributed by atoms with van der Waals surface area (Å²) in [7, 11) is 0. The van der Waals surface area contributed by atoms with Gasteiger partial charge in [-0.15, -0.1) is 0 Å². The van der Waals surface area contributed by atoms with Gasteiger partial charge >= 0.3 is 19.8 Å². The van der Waals surface area contributed by atoms with E-state index in [1.165, 1.54) is 77.8 Å². The molecule has 0 spiro atoms. The van der Waals surface area contributed by atoms with Crippen molar-refractivity contribution in [2.75, 3.05) is 39.3 Å². The third-order valence-electron chi connectivity index (χ3n) is 5.12. The minimum Gasteiger partial charge on any atom is -1.00 e. The first kappa shape index (κ1) is 20.1. The van der Waals surface area contributed by atoms with E-state index >= 15 is 0 Å². The second kappa shape index (κ2) is 9.96. The molecule has 110 valence electrons. The van der Waals surface area contributed by atoms with Gasteiger partial charge in [0.2, 0.25) is 0 Å². The van der Waals surface area contributed by atoms with Crippen LogP contribution in [0.1, 0.15) is 40.0 Å². The van der Waals surface area contributed by atoms with Crippen LogP contribution in [0.2, 0.25) is 0 Å². The molecule has 5 heteroatoms. The molecule has 6 aliphatic rings. The Labute approximate surface area is 145 Å². The van der Waals surface area contributed by atoms with Crippen molar-refractivity contribution >= 4 is 19.8 Å². The summed E-state index contributed by atoms with van der Waals surface area (Å²) < 4.78 is 0. The molecular formula is C14H27Cl2GaN2. The normalized spacial score (nSPS) is 37.9. The minimum atomic E-state index is 0. The van der Waals surface area contributed by atoms with Crippen LogP contribution in [0.4, 0.5) is 0 Å². The molecule has 2 nitrogen and oxygen atoms in total. The molecule has 6 aliphatic heterocycles. The first-order valence-electron chi connectivity index (χ1n) is 7.35. The Kier molecular flexibility index (Phi) is 10.6. The zero-order chi connectivity index (χ0) is 10.8. The Bertz CT molecular complexity index is 163. The molecule has 6 saturated heterocycles. The summed E-state index contributed by atoms with van der Waals surface area (Å²) in [5.41, 5.74) is 0. The predicted octanol–water partition coefficient (Wildman–Crippen LogP) is -4.06. The summed E-state index contributed by atoms with van der Waals surface area (Å²) in [6.07, 6.45) is 8.92. The molecule has 0 atom stereocenters. The SMILES string of the molecule is C1CN2CCC1CC2.C1CN2CCC1CC2.[Cl-].[Cl-].[Ga+3].[H-]. The summed E-state index contributed by atoms with van der Waals surface area (Å²) >= 11 is 0. The van der Waals surface area contributed by atoms with Crippen LogP contribution < -0.4 is 24.8 Å². The standard InChI is InChI=1S/2C7H13N.2ClH.Ga.H/c2*1-4-8-5-2-7(1)3-6-8;;;;/h2*7H,1-6H2;2*1H;;/q;;;;+3;-1/p-2. The van der Waals surface area contributed by atoms with Gasteiger partial charge in [0.1, 0.15) is 0 Å². The predicted molar refractivity (Wildman–Crippen MR) is 74.4 cm³/mol. The summed E-state index contributed by atoms with van der Waals surface area (Å²) in [4.78, 5) is 5.17. The molecule has 0 amide bonds. The minimum absolute atomic E-state index is 0. The van der Waals surface area contributed by atoms with Crippen LogP contribution in [0.15, 0.2) is 0 Å². The zero-order valence-corrected chi connectivity index (χ0v) is 15.8. The van der Waals surface area contributed by atoms with Crippen molar-refractivity contribution in [3.8, 4) is 0 Å². The number of piperidine rings is 6. The number of hydrogen-bond acceptors (Lipinski definition) is 2. The molecule has 0 aliphatic carbocycles. The Morgan fingerprint density at radius 3 is 0.789 bits per heavy atom. The molecule has 6 rings (SSSR count). The van der Waals surface area contributed by atoms with Gasteiger partial charge in [-0.25, -0.2) is 0 Å². The molecule has 0 aromatic carbocycles. The van der Waals surface area contributed by atoms with Crippen molar-refractivity contribution in [1.82, 2.24) is 9.80 Å². The number of nitrogens with zero attached hydrogens (tertiary/aromatic N) is 2. The van der Waals surface area contributed by atoms with Crippen LogP contribution in [0.3, 0.4) is 0 Å². The van der Waals surface area contributed by atoms with Crippen molar-refractivity contribution in [2.24, 2.45) is 11.8 Å². The quantitative estimate of drug-likeness (QED) is 0.404. The van der Waals surface area contributed by atoms with Gasteiger partial charge in [0.05, 0.1) is 0 Å². The number of halogens is 2. The zero-order valence-electron chi connectivity index (χ0n) is 12.9. The maximum absolute atomic E-state index is 2.58. The fourth-order valence-corrected chi connectivity index (χ4v) is 3.73. The molecule has 0 N–H and O–H groups in total. The topological polar surface area (TPSA) is 6.48 Å². The van der Waals surface area contributed by atoms with Crippen molar-refractivity contribution < 1.29 is 26.2 Å². The Morgan fingerprint density at radius 2 is 0.737 bits per heavy atom. The van der Waals surface area contributed by atoms with E-state index in [9.17, 15) is 0 Å². The van der Waals surface area contributed by atoms with E-state index in [2.05, 4.69) is 9.80 Å². The van der Waals surface area contributed by atoms with Crippen molar-refractivity contribution in [3.05, 3.63) is 0 Å². The van der Waals surface area contributed by atoms with Gasteiger partial charge in [-0.2, -0.15) is 0 Å². The molecule has 0 saturated carbocycles. The van der Waals surface area contributed by atoms with Gasteiger partial charge < -0.3 is 36.0 Å². The monoisotopic (exact) mass is 362 g/mol. The van der Waals surface area contributed by atoms with Crippen molar-refractivity contribution in [3.63, 3.8) is 0 Å². The molecule has 6 heterocycles. The van der Waals surface area contributed by atoms with E-state index < -0.39 is 0 Å². The first-order valence-corrected chi connectivity index (χ1v) is 7.35. The number of hydrogen-bond donors (Lipinski definition) is 0. The fraction of sp³-hybridized carbons (Fsp3) is 1.00. The second-order valence-corrected chi connectivity index (χ2v) is 6.15. The largest absolute Gasteiger partial charge is 3.00 e. The van der Waals surface area contributed by atoms with Crippen LogP contribution in [0.25, 0.3) is 0 Å². The molecule has 0 aromatic rings. The molecular weight excluding hydrogens is 337 g/mol. The third-order valence-corrected chi connectivity index (χ3v) is 5.12. The number of rotatable bonds is 0. The Morgan fingerprint density at radius 1 is 0.526 bits per heavy atom. The van der Waals surface area contributed by atoms with Crippen LogP contribution in [-0.2, 0) is 0 Å². The molecule has 0 radical (unpaired) electrons. The van der Waals surface area contributed by atoms with Crippen LogP contribution in [0.5, 0.6) is 0 Å². The van der Waals surface area contributed by atoms with E-state index in [4.69, 9.17) is 0 Å². The van der Waals surface area contributed by atoms with Gasteiger partial charge in [0.25, 0.3) is 0 Å². The average molecular weight is 364 g/mol. The molecule has 0 unspecified atom stereocenters. The summed E-state index contributed by atoms with van der Waals surface area (Å²) in [5, 5.41) is 0. The van der Waals surface area contributed by atoms with Gasteiger partial charge in [0, 0.05) is 0 Å². The van der Waals surface area contributed by atoms with Gasteiger partial charge in [-0.3, -0.25) is 0 Å². The molecule has 4 bridgehead atoms. The third kappa shape index (κ3) is 5.80. The smallest absolute Gasteiger partial charge is 1.00 e. The Balaban J connectivity index is 0. The van der Waals surface area contributed by atoms with E-state index in [1.807, 2.05) is 0 Å². The van der Waals surface area contributed by atoms with Crippen molar-refractivity contribution in [2.45, 2.75) is 38.5 Å². The second-order valence-electron chi connectivity index (χ2n) is 6.15. The van der Waals surface area contributed by atoms with Crippen molar-refractivity contribution in [1.29, 1.82) is 0 Å². The van der Waals surface area contributed by atoms with Gasteiger partial charge in [0.15, 0.2) is 0 Å². The fourth-order valence-electron chi connectivity index (χ4n) is 3.73. The van der Waals surface area contributed by atoms with E-state index in [0.717, 1.165) is 11.8 Å². The van der Waals surface area contributed by atoms with Gasteiger partial charge in [-0.1, -0.05) is 0 Å². The summed E-state index contributed by atoms with van der Waals surface area (Å²) in [5.74, 6) is 2.22. The van der Waals surface area contributed by atoms with E-state index in [0.29, 0.717) is 0 Å². The average Bonchev–Trinajstić information content (AvgIpc) is 2.44. The first-order chi connectivity index (χ1) is 7.90. The molecule has 19 heavy (non-hydrogen) atoms.